The zero-order valence-electron chi connectivity index (χ0n) is 9.12. The molecule has 3 nitrogen and oxygen atoms in total. The number of nitrogens with zero attached hydrogens (tertiary/aromatic N) is 2. The first-order valence-electron chi connectivity index (χ1n) is 5.94. The van der Waals surface area contributed by atoms with Crippen molar-refractivity contribution in [1.82, 2.24) is 9.80 Å². The second kappa shape index (κ2) is 5.19. The highest BCUT2D eigenvalue weighted by Gasteiger charge is 2.33. The molecule has 0 radical (unpaired) electrons. The van der Waals surface area contributed by atoms with E-state index in [0.717, 1.165) is 25.0 Å². The van der Waals surface area contributed by atoms with E-state index in [1.54, 1.807) is 0 Å². The van der Waals surface area contributed by atoms with Crippen LogP contribution in [0, 0.1) is 0 Å². The number of rotatable bonds is 3. The van der Waals surface area contributed by atoms with Crippen LogP contribution in [-0.4, -0.2) is 46.8 Å². The fraction of sp³-hybridized carbons (Fsp3) is 0.909. The molecule has 86 valence electrons. The van der Waals surface area contributed by atoms with Gasteiger partial charge in [0.2, 0.25) is 0 Å². The first-order chi connectivity index (χ1) is 7.33. The third-order valence-electron chi connectivity index (χ3n) is 3.50. The SMILES string of the molecule is O=C1N(CCBr)CCN1C1CCCCC1. The summed E-state index contributed by atoms with van der Waals surface area (Å²) in [6, 6.07) is 0.799. The molecule has 1 saturated heterocycles. The third kappa shape index (κ3) is 2.47. The second-order valence-corrected chi connectivity index (χ2v) is 5.24. The highest BCUT2D eigenvalue weighted by Crippen LogP contribution is 2.25. The van der Waals surface area contributed by atoms with E-state index >= 15 is 0 Å². The van der Waals surface area contributed by atoms with Crippen molar-refractivity contribution < 1.29 is 4.79 Å². The molecule has 0 bridgehead atoms. The van der Waals surface area contributed by atoms with Crippen LogP contribution in [0.25, 0.3) is 0 Å². The predicted molar refractivity (Wildman–Crippen MR) is 64.3 cm³/mol. The Bertz CT molecular complexity index is 229. The van der Waals surface area contributed by atoms with Crippen molar-refractivity contribution in [2.45, 2.75) is 38.1 Å². The summed E-state index contributed by atoms with van der Waals surface area (Å²) < 4.78 is 0. The van der Waals surface area contributed by atoms with Gasteiger partial charge >= 0.3 is 6.03 Å². The van der Waals surface area contributed by atoms with Crippen LogP contribution in [0.2, 0.25) is 0 Å². The van der Waals surface area contributed by atoms with Gasteiger partial charge in [-0.2, -0.15) is 0 Å². The molecule has 2 rings (SSSR count). The molecule has 1 aliphatic heterocycles. The van der Waals surface area contributed by atoms with Crippen LogP contribution >= 0.6 is 15.9 Å². The van der Waals surface area contributed by atoms with Gasteiger partial charge in [0.05, 0.1) is 0 Å². The second-order valence-electron chi connectivity index (χ2n) is 4.44. The van der Waals surface area contributed by atoms with Gasteiger partial charge in [0.1, 0.15) is 0 Å². The normalized spacial score (nSPS) is 23.9. The van der Waals surface area contributed by atoms with Crippen LogP contribution in [0.4, 0.5) is 4.79 Å². The molecule has 0 spiro atoms. The van der Waals surface area contributed by atoms with Crippen molar-refractivity contribution in [1.29, 1.82) is 0 Å². The lowest BCUT2D eigenvalue weighted by Crippen LogP contribution is -2.40. The van der Waals surface area contributed by atoms with Gasteiger partial charge in [0, 0.05) is 31.0 Å². The van der Waals surface area contributed by atoms with Gasteiger partial charge in [-0.1, -0.05) is 35.2 Å². The maximum Gasteiger partial charge on any atom is 0.320 e. The summed E-state index contributed by atoms with van der Waals surface area (Å²) in [6.07, 6.45) is 6.38. The van der Waals surface area contributed by atoms with Gasteiger partial charge in [-0.25, -0.2) is 4.79 Å². The van der Waals surface area contributed by atoms with Gasteiger partial charge < -0.3 is 9.80 Å². The molecule has 1 heterocycles. The first kappa shape index (κ1) is 11.2. The van der Waals surface area contributed by atoms with Crippen molar-refractivity contribution in [3.05, 3.63) is 0 Å². The minimum absolute atomic E-state index is 0.265. The number of halogens is 1. The summed E-state index contributed by atoms with van der Waals surface area (Å²) in [5, 5.41) is 0.886. The molecule has 1 saturated carbocycles. The van der Waals surface area contributed by atoms with Gasteiger partial charge in [0.15, 0.2) is 0 Å². The van der Waals surface area contributed by atoms with Crippen LogP contribution in [0.5, 0.6) is 0 Å². The third-order valence-corrected chi connectivity index (χ3v) is 3.85. The van der Waals surface area contributed by atoms with Crippen molar-refractivity contribution in [3.63, 3.8) is 0 Å². The Kier molecular flexibility index (Phi) is 3.89. The number of alkyl halides is 1. The van der Waals surface area contributed by atoms with E-state index in [-0.39, 0.29) is 6.03 Å². The lowest BCUT2D eigenvalue weighted by molar-refractivity contribution is 0.164. The van der Waals surface area contributed by atoms with E-state index in [1.807, 2.05) is 4.90 Å². The minimum atomic E-state index is 0.265. The Morgan fingerprint density at radius 3 is 2.60 bits per heavy atom. The topological polar surface area (TPSA) is 23.6 Å². The Hall–Kier alpha value is -0.250. The molecule has 4 heteroatoms. The van der Waals surface area contributed by atoms with Crippen LogP contribution in [0.3, 0.4) is 0 Å². The number of carbonyl (C=O) groups is 1. The zero-order chi connectivity index (χ0) is 10.7. The lowest BCUT2D eigenvalue weighted by atomic mass is 9.94. The average Bonchev–Trinajstić information content (AvgIpc) is 2.63. The molecule has 0 aromatic rings. The minimum Gasteiger partial charge on any atom is -0.322 e. The maximum atomic E-state index is 12.0. The molecule has 15 heavy (non-hydrogen) atoms. The molecular weight excluding hydrogens is 256 g/mol. The van der Waals surface area contributed by atoms with Gasteiger partial charge in [0.25, 0.3) is 0 Å². The molecule has 0 aromatic carbocycles. The molecule has 0 atom stereocenters. The van der Waals surface area contributed by atoms with Crippen molar-refractivity contribution in [2.24, 2.45) is 0 Å². The smallest absolute Gasteiger partial charge is 0.320 e. The Balaban J connectivity index is 1.90. The summed E-state index contributed by atoms with van der Waals surface area (Å²) in [5.41, 5.74) is 0. The highest BCUT2D eigenvalue weighted by molar-refractivity contribution is 9.09. The Labute approximate surface area is 99.9 Å². The van der Waals surface area contributed by atoms with E-state index in [2.05, 4.69) is 20.8 Å². The maximum absolute atomic E-state index is 12.0. The van der Waals surface area contributed by atoms with Gasteiger partial charge in [-0.3, -0.25) is 0 Å². The summed E-state index contributed by atoms with van der Waals surface area (Å²) in [4.78, 5) is 16.1. The largest absolute Gasteiger partial charge is 0.322 e. The van der Waals surface area contributed by atoms with Crippen molar-refractivity contribution >= 4 is 22.0 Å². The molecule has 0 unspecified atom stereocenters. The van der Waals surface area contributed by atoms with Crippen LogP contribution in [0.15, 0.2) is 0 Å². The van der Waals surface area contributed by atoms with Gasteiger partial charge in [-0.05, 0) is 12.8 Å². The lowest BCUT2D eigenvalue weighted by Gasteiger charge is -2.30. The van der Waals surface area contributed by atoms with E-state index < -0.39 is 0 Å². The fourth-order valence-electron chi connectivity index (χ4n) is 2.64. The summed E-state index contributed by atoms with van der Waals surface area (Å²) in [6.45, 7) is 2.71. The monoisotopic (exact) mass is 274 g/mol. The van der Waals surface area contributed by atoms with Crippen molar-refractivity contribution in [3.8, 4) is 0 Å². The van der Waals surface area contributed by atoms with Crippen LogP contribution < -0.4 is 0 Å². The Morgan fingerprint density at radius 1 is 1.20 bits per heavy atom. The molecular formula is C11H19BrN2O. The summed E-state index contributed by atoms with van der Waals surface area (Å²) in [5.74, 6) is 0. The fourth-order valence-corrected chi connectivity index (χ4v) is 3.07. The highest BCUT2D eigenvalue weighted by atomic mass is 79.9. The van der Waals surface area contributed by atoms with Crippen LogP contribution in [-0.2, 0) is 0 Å². The Morgan fingerprint density at radius 2 is 1.93 bits per heavy atom. The number of amides is 2. The van der Waals surface area contributed by atoms with Crippen LogP contribution in [0.1, 0.15) is 32.1 Å². The summed E-state index contributed by atoms with van der Waals surface area (Å²) >= 11 is 3.39. The number of hydrogen-bond acceptors (Lipinski definition) is 1. The van der Waals surface area contributed by atoms with E-state index in [0.29, 0.717) is 6.04 Å². The number of hydrogen-bond donors (Lipinski definition) is 0. The quantitative estimate of drug-likeness (QED) is 0.726. The molecule has 2 fully saturated rings. The molecule has 0 aromatic heterocycles. The predicted octanol–water partition coefficient (Wildman–Crippen LogP) is 2.45. The number of carbonyl (C=O) groups excluding carboxylic acids is 1. The first-order valence-corrected chi connectivity index (χ1v) is 7.06. The molecule has 2 aliphatic rings. The average molecular weight is 275 g/mol. The zero-order valence-corrected chi connectivity index (χ0v) is 10.7. The summed E-state index contributed by atoms with van der Waals surface area (Å²) in [7, 11) is 0. The van der Waals surface area contributed by atoms with Crippen molar-refractivity contribution in [2.75, 3.05) is 25.0 Å². The standard InChI is InChI=1S/C11H19BrN2O/c12-6-7-13-8-9-14(11(13)15)10-4-2-1-3-5-10/h10H,1-9H2. The molecule has 0 N–H and O–H groups in total. The molecule has 1 aliphatic carbocycles. The van der Waals surface area contributed by atoms with E-state index in [4.69, 9.17) is 0 Å². The van der Waals surface area contributed by atoms with E-state index in [1.165, 1.54) is 32.1 Å². The van der Waals surface area contributed by atoms with Gasteiger partial charge in [-0.15, -0.1) is 0 Å². The molecule has 2 amide bonds. The number of urea groups is 1. The van der Waals surface area contributed by atoms with E-state index in [9.17, 15) is 4.79 Å².